The first-order chi connectivity index (χ1) is 5.53. The van der Waals surface area contributed by atoms with Crippen molar-refractivity contribution in [3.05, 3.63) is 11.9 Å². The molecule has 1 aromatic heterocycles. The molecule has 0 spiro atoms. The van der Waals surface area contributed by atoms with Crippen molar-refractivity contribution in [1.82, 2.24) is 19.7 Å². The SMILES string of the molecule is CNS(=O)(=O)Cc1cnn(C)n1. The van der Waals surface area contributed by atoms with Crippen molar-refractivity contribution in [1.29, 1.82) is 0 Å². The van der Waals surface area contributed by atoms with Crippen LogP contribution < -0.4 is 4.72 Å². The van der Waals surface area contributed by atoms with Gasteiger partial charge in [0, 0.05) is 7.05 Å². The van der Waals surface area contributed by atoms with Crippen LogP contribution in [0.25, 0.3) is 0 Å². The second-order valence-corrected chi connectivity index (χ2v) is 4.21. The lowest BCUT2D eigenvalue weighted by atomic mass is 10.6. The average molecular weight is 190 g/mol. The number of hydrogen-bond acceptors (Lipinski definition) is 4. The number of hydrogen-bond donors (Lipinski definition) is 1. The van der Waals surface area contributed by atoms with Gasteiger partial charge in [-0.1, -0.05) is 0 Å². The Labute approximate surface area is 70.6 Å². The molecule has 0 aliphatic rings. The van der Waals surface area contributed by atoms with Crippen molar-refractivity contribution in [2.45, 2.75) is 5.75 Å². The average Bonchev–Trinajstić information content (AvgIpc) is 2.35. The maximum Gasteiger partial charge on any atom is 0.217 e. The quantitative estimate of drug-likeness (QED) is 0.654. The molecule has 1 heterocycles. The second kappa shape index (κ2) is 3.20. The molecule has 0 aliphatic heterocycles. The van der Waals surface area contributed by atoms with Crippen LogP contribution >= 0.6 is 0 Å². The van der Waals surface area contributed by atoms with Crippen LogP contribution in [0.15, 0.2) is 6.20 Å². The highest BCUT2D eigenvalue weighted by molar-refractivity contribution is 7.88. The molecular weight excluding hydrogens is 180 g/mol. The smallest absolute Gasteiger partial charge is 0.217 e. The van der Waals surface area contributed by atoms with E-state index in [-0.39, 0.29) is 5.75 Å². The van der Waals surface area contributed by atoms with E-state index in [4.69, 9.17) is 0 Å². The van der Waals surface area contributed by atoms with Crippen LogP contribution in [0.1, 0.15) is 5.69 Å². The Morgan fingerprint density at radius 2 is 2.33 bits per heavy atom. The third-order valence-electron chi connectivity index (χ3n) is 1.30. The molecule has 0 saturated heterocycles. The Hall–Kier alpha value is -0.950. The standard InChI is InChI=1S/C5H10N4O2S/c1-6-12(10,11)4-5-3-7-9(2)8-5/h3,6H,4H2,1-2H3. The molecule has 1 rings (SSSR count). The third kappa shape index (κ3) is 2.28. The maximum atomic E-state index is 11.0. The summed E-state index contributed by atoms with van der Waals surface area (Å²) in [5, 5.41) is 7.58. The van der Waals surface area contributed by atoms with Gasteiger partial charge in [0.05, 0.1) is 11.9 Å². The van der Waals surface area contributed by atoms with Gasteiger partial charge in [0.1, 0.15) is 5.75 Å². The molecule has 0 radical (unpaired) electrons. The second-order valence-electron chi connectivity index (χ2n) is 2.29. The zero-order chi connectivity index (χ0) is 9.19. The number of nitrogens with one attached hydrogen (secondary N) is 1. The highest BCUT2D eigenvalue weighted by atomic mass is 32.2. The summed E-state index contributed by atoms with van der Waals surface area (Å²) in [4.78, 5) is 1.32. The van der Waals surface area contributed by atoms with Gasteiger partial charge in [-0.15, -0.1) is 0 Å². The maximum absolute atomic E-state index is 11.0. The van der Waals surface area contributed by atoms with E-state index in [1.165, 1.54) is 18.0 Å². The molecule has 68 valence electrons. The highest BCUT2D eigenvalue weighted by Crippen LogP contribution is 1.97. The number of rotatable bonds is 3. The van der Waals surface area contributed by atoms with Crippen LogP contribution in [0.2, 0.25) is 0 Å². The summed E-state index contributed by atoms with van der Waals surface area (Å²) >= 11 is 0. The van der Waals surface area contributed by atoms with Crippen molar-refractivity contribution >= 4 is 10.0 Å². The van der Waals surface area contributed by atoms with E-state index < -0.39 is 10.0 Å². The molecule has 7 heteroatoms. The van der Waals surface area contributed by atoms with E-state index in [0.29, 0.717) is 5.69 Å². The minimum Gasteiger partial charge on any atom is -0.218 e. The fourth-order valence-corrected chi connectivity index (χ4v) is 1.39. The van der Waals surface area contributed by atoms with E-state index in [1.54, 1.807) is 7.05 Å². The molecule has 0 unspecified atom stereocenters. The molecule has 0 atom stereocenters. The Bertz CT molecular complexity index is 355. The Morgan fingerprint density at radius 1 is 1.67 bits per heavy atom. The molecule has 0 fully saturated rings. The third-order valence-corrected chi connectivity index (χ3v) is 2.59. The molecule has 0 aromatic carbocycles. The predicted molar refractivity (Wildman–Crippen MR) is 42.7 cm³/mol. The largest absolute Gasteiger partial charge is 0.218 e. The van der Waals surface area contributed by atoms with Crippen molar-refractivity contribution < 1.29 is 8.42 Å². The van der Waals surface area contributed by atoms with E-state index >= 15 is 0 Å². The lowest BCUT2D eigenvalue weighted by Gasteiger charge is -1.96. The van der Waals surface area contributed by atoms with Crippen LogP contribution in [0.3, 0.4) is 0 Å². The first kappa shape index (κ1) is 9.14. The topological polar surface area (TPSA) is 76.9 Å². The van der Waals surface area contributed by atoms with Crippen molar-refractivity contribution in [2.75, 3.05) is 7.05 Å². The van der Waals surface area contributed by atoms with Crippen LogP contribution in [-0.4, -0.2) is 30.5 Å². The number of aromatic nitrogens is 3. The van der Waals surface area contributed by atoms with E-state index in [1.807, 2.05) is 0 Å². The van der Waals surface area contributed by atoms with Crippen LogP contribution in [0.4, 0.5) is 0 Å². The summed E-state index contributed by atoms with van der Waals surface area (Å²) in [6.45, 7) is 0. The van der Waals surface area contributed by atoms with Gasteiger partial charge in [-0.2, -0.15) is 15.0 Å². The molecule has 0 amide bonds. The van der Waals surface area contributed by atoms with E-state index in [2.05, 4.69) is 14.9 Å². The predicted octanol–water partition coefficient (Wildman–Crippen LogP) is -1.14. The lowest BCUT2D eigenvalue weighted by Crippen LogP contribution is -2.20. The minimum absolute atomic E-state index is 0.128. The van der Waals surface area contributed by atoms with Crippen molar-refractivity contribution in [2.24, 2.45) is 7.05 Å². The van der Waals surface area contributed by atoms with Gasteiger partial charge in [0.25, 0.3) is 0 Å². The molecule has 0 saturated carbocycles. The fraction of sp³-hybridized carbons (Fsp3) is 0.600. The molecular formula is C5H10N4O2S. The van der Waals surface area contributed by atoms with E-state index in [9.17, 15) is 8.42 Å². The van der Waals surface area contributed by atoms with E-state index in [0.717, 1.165) is 0 Å². The molecule has 1 aromatic rings. The van der Waals surface area contributed by atoms with Crippen molar-refractivity contribution in [3.8, 4) is 0 Å². The first-order valence-corrected chi connectivity index (χ1v) is 4.95. The number of nitrogens with zero attached hydrogens (tertiary/aromatic N) is 3. The monoisotopic (exact) mass is 190 g/mol. The minimum atomic E-state index is -3.23. The first-order valence-electron chi connectivity index (χ1n) is 3.30. The summed E-state index contributed by atoms with van der Waals surface area (Å²) in [7, 11) is -0.224. The summed E-state index contributed by atoms with van der Waals surface area (Å²) in [6.07, 6.45) is 1.43. The zero-order valence-corrected chi connectivity index (χ0v) is 7.67. The molecule has 1 N–H and O–H groups in total. The van der Waals surface area contributed by atoms with Gasteiger partial charge in [0.15, 0.2) is 0 Å². The van der Waals surface area contributed by atoms with Gasteiger partial charge in [0.2, 0.25) is 10.0 Å². The normalized spacial score (nSPS) is 11.8. The van der Waals surface area contributed by atoms with Gasteiger partial charge >= 0.3 is 0 Å². The fourth-order valence-electron chi connectivity index (χ4n) is 0.721. The van der Waals surface area contributed by atoms with Gasteiger partial charge in [-0.25, -0.2) is 13.1 Å². The van der Waals surface area contributed by atoms with Crippen LogP contribution in [-0.2, 0) is 22.8 Å². The van der Waals surface area contributed by atoms with Crippen LogP contribution in [0.5, 0.6) is 0 Å². The Morgan fingerprint density at radius 3 is 2.75 bits per heavy atom. The highest BCUT2D eigenvalue weighted by Gasteiger charge is 2.10. The summed E-state index contributed by atoms with van der Waals surface area (Å²) in [5.41, 5.74) is 0.437. The Kier molecular flexibility index (Phi) is 2.43. The molecule has 6 nitrogen and oxygen atoms in total. The Balaban J connectivity index is 2.77. The summed E-state index contributed by atoms with van der Waals surface area (Å²) < 4.78 is 24.2. The molecule has 0 bridgehead atoms. The van der Waals surface area contributed by atoms with Crippen LogP contribution in [0, 0.1) is 0 Å². The molecule has 0 aliphatic carbocycles. The number of aryl methyl sites for hydroxylation is 1. The van der Waals surface area contributed by atoms with Gasteiger partial charge in [-0.3, -0.25) is 0 Å². The van der Waals surface area contributed by atoms with Crippen molar-refractivity contribution in [3.63, 3.8) is 0 Å². The zero-order valence-electron chi connectivity index (χ0n) is 6.85. The summed E-state index contributed by atoms with van der Waals surface area (Å²) in [6, 6.07) is 0. The van der Waals surface area contributed by atoms with Gasteiger partial charge in [-0.05, 0) is 7.05 Å². The molecule has 12 heavy (non-hydrogen) atoms. The lowest BCUT2D eigenvalue weighted by molar-refractivity contribution is 0.585. The summed E-state index contributed by atoms with van der Waals surface area (Å²) in [5.74, 6) is -0.128. The van der Waals surface area contributed by atoms with Gasteiger partial charge < -0.3 is 0 Å². The number of sulfonamides is 1.